The van der Waals surface area contributed by atoms with Crippen LogP contribution in [0.2, 0.25) is 0 Å². The maximum absolute atomic E-state index is 12.2. The zero-order valence-corrected chi connectivity index (χ0v) is 8.82. The SMILES string of the molecule is Nc1nn(CCC(F)(F)Cl)cc1Br. The molecule has 0 bridgehead atoms. The summed E-state index contributed by atoms with van der Waals surface area (Å²) in [5, 5.41) is 0.582. The molecule has 0 radical (unpaired) electrons. The number of nitrogen functional groups attached to an aromatic ring is 1. The van der Waals surface area contributed by atoms with E-state index in [0.29, 0.717) is 4.47 Å². The van der Waals surface area contributed by atoms with Crippen LogP contribution in [0, 0.1) is 0 Å². The van der Waals surface area contributed by atoms with Gasteiger partial charge >= 0.3 is 5.38 Å². The summed E-state index contributed by atoms with van der Waals surface area (Å²) in [6.07, 6.45) is 1.06. The summed E-state index contributed by atoms with van der Waals surface area (Å²) >= 11 is 7.82. The molecule has 0 aromatic carbocycles. The molecule has 2 N–H and O–H groups in total. The van der Waals surface area contributed by atoms with Crippen LogP contribution in [-0.4, -0.2) is 15.2 Å². The molecule has 3 nitrogen and oxygen atoms in total. The van der Waals surface area contributed by atoms with Crippen molar-refractivity contribution in [3.8, 4) is 0 Å². The lowest BCUT2D eigenvalue weighted by Crippen LogP contribution is -2.11. The predicted octanol–water partition coefficient (Wildman–Crippen LogP) is 2.45. The van der Waals surface area contributed by atoms with Gasteiger partial charge in [-0.05, 0) is 27.5 Å². The second-order valence-electron chi connectivity index (χ2n) is 2.49. The molecule has 0 atom stereocenters. The molecular formula is C6H7BrClF2N3. The third-order valence-electron chi connectivity index (χ3n) is 1.37. The number of alkyl halides is 3. The lowest BCUT2D eigenvalue weighted by Gasteiger charge is -2.06. The number of anilines is 1. The third kappa shape index (κ3) is 3.48. The van der Waals surface area contributed by atoms with Crippen LogP contribution >= 0.6 is 27.5 Å². The van der Waals surface area contributed by atoms with E-state index in [9.17, 15) is 8.78 Å². The van der Waals surface area contributed by atoms with Crippen LogP contribution in [0.25, 0.3) is 0 Å². The van der Waals surface area contributed by atoms with E-state index in [0.717, 1.165) is 0 Å². The van der Waals surface area contributed by atoms with Gasteiger partial charge in [0.25, 0.3) is 0 Å². The molecule has 0 amide bonds. The topological polar surface area (TPSA) is 43.8 Å². The number of nitrogens with two attached hydrogens (primary N) is 1. The molecule has 0 aliphatic carbocycles. The van der Waals surface area contributed by atoms with Gasteiger partial charge in [-0.25, -0.2) is 0 Å². The number of rotatable bonds is 3. The van der Waals surface area contributed by atoms with Crippen molar-refractivity contribution in [3.63, 3.8) is 0 Å². The van der Waals surface area contributed by atoms with Gasteiger partial charge in [0, 0.05) is 19.2 Å². The molecule has 1 aromatic rings. The van der Waals surface area contributed by atoms with Gasteiger partial charge in [0.1, 0.15) is 0 Å². The average Bonchev–Trinajstić information content (AvgIpc) is 2.27. The molecule has 0 unspecified atom stereocenters. The van der Waals surface area contributed by atoms with Crippen molar-refractivity contribution in [1.29, 1.82) is 0 Å². The van der Waals surface area contributed by atoms with Crippen LogP contribution in [0.1, 0.15) is 6.42 Å². The zero-order valence-electron chi connectivity index (χ0n) is 6.48. The molecule has 1 heterocycles. The van der Waals surface area contributed by atoms with E-state index >= 15 is 0 Å². The zero-order chi connectivity index (χ0) is 10.1. The first kappa shape index (κ1) is 10.7. The normalized spacial score (nSPS) is 12.0. The Morgan fingerprint density at radius 1 is 1.69 bits per heavy atom. The first-order valence-electron chi connectivity index (χ1n) is 3.43. The Morgan fingerprint density at radius 2 is 2.31 bits per heavy atom. The van der Waals surface area contributed by atoms with E-state index in [1.54, 1.807) is 0 Å². The minimum atomic E-state index is -3.19. The van der Waals surface area contributed by atoms with Gasteiger partial charge in [-0.3, -0.25) is 4.68 Å². The Hall–Kier alpha value is -0.360. The summed E-state index contributed by atoms with van der Waals surface area (Å²) < 4.78 is 26.3. The molecule has 13 heavy (non-hydrogen) atoms. The largest absolute Gasteiger partial charge is 0.381 e. The Kier molecular flexibility index (Phi) is 3.13. The minimum absolute atomic E-state index is 0.0340. The molecule has 0 saturated carbocycles. The van der Waals surface area contributed by atoms with Crippen LogP contribution in [0.4, 0.5) is 14.6 Å². The highest BCUT2D eigenvalue weighted by atomic mass is 79.9. The minimum Gasteiger partial charge on any atom is -0.381 e. The predicted molar refractivity (Wildman–Crippen MR) is 49.8 cm³/mol. The summed E-state index contributed by atoms with van der Waals surface area (Å²) in [4.78, 5) is 0. The molecule has 1 aromatic heterocycles. The molecule has 1 rings (SSSR count). The number of aryl methyl sites for hydroxylation is 1. The van der Waals surface area contributed by atoms with Crippen LogP contribution in [-0.2, 0) is 6.54 Å². The van der Waals surface area contributed by atoms with E-state index in [-0.39, 0.29) is 12.4 Å². The third-order valence-corrected chi connectivity index (χ3v) is 2.17. The number of nitrogens with zero attached hydrogens (tertiary/aromatic N) is 2. The van der Waals surface area contributed by atoms with Gasteiger partial charge in [-0.2, -0.15) is 13.9 Å². The molecule has 0 fully saturated rings. The van der Waals surface area contributed by atoms with Crippen molar-refractivity contribution >= 4 is 33.3 Å². The second kappa shape index (κ2) is 3.79. The van der Waals surface area contributed by atoms with Crippen molar-refractivity contribution in [2.45, 2.75) is 18.3 Å². The Bertz CT molecular complexity index is 277. The van der Waals surface area contributed by atoms with Crippen LogP contribution in [0.3, 0.4) is 0 Å². The van der Waals surface area contributed by atoms with Crippen molar-refractivity contribution in [1.82, 2.24) is 9.78 Å². The van der Waals surface area contributed by atoms with E-state index in [4.69, 9.17) is 17.3 Å². The highest BCUT2D eigenvalue weighted by Gasteiger charge is 2.24. The smallest absolute Gasteiger partial charge is 0.323 e. The van der Waals surface area contributed by atoms with Crippen LogP contribution in [0.15, 0.2) is 10.7 Å². The monoisotopic (exact) mass is 273 g/mol. The average molecular weight is 274 g/mol. The lowest BCUT2D eigenvalue weighted by molar-refractivity contribution is 0.0796. The molecule has 0 aliphatic heterocycles. The summed E-state index contributed by atoms with van der Waals surface area (Å²) in [6.45, 7) is 0.0340. The fraction of sp³-hybridized carbons (Fsp3) is 0.500. The van der Waals surface area contributed by atoms with Gasteiger partial charge in [0.15, 0.2) is 5.82 Å². The van der Waals surface area contributed by atoms with Gasteiger partial charge in [-0.15, -0.1) is 0 Å². The number of hydrogen-bond acceptors (Lipinski definition) is 2. The van der Waals surface area contributed by atoms with Crippen LogP contribution in [0.5, 0.6) is 0 Å². The summed E-state index contributed by atoms with van der Waals surface area (Å²) in [6, 6.07) is 0. The van der Waals surface area contributed by atoms with E-state index in [2.05, 4.69) is 21.0 Å². The molecule has 74 valence electrons. The van der Waals surface area contributed by atoms with Gasteiger partial charge in [-0.1, -0.05) is 0 Å². The molecular weight excluding hydrogens is 267 g/mol. The highest BCUT2D eigenvalue weighted by molar-refractivity contribution is 9.10. The van der Waals surface area contributed by atoms with Gasteiger partial charge in [0.2, 0.25) is 0 Å². The first-order chi connectivity index (χ1) is 5.88. The summed E-state index contributed by atoms with van der Waals surface area (Å²) in [5.74, 6) is 0.276. The first-order valence-corrected chi connectivity index (χ1v) is 4.61. The Morgan fingerprint density at radius 3 is 2.69 bits per heavy atom. The maximum Gasteiger partial charge on any atom is 0.323 e. The van der Waals surface area contributed by atoms with E-state index in [1.165, 1.54) is 10.9 Å². The van der Waals surface area contributed by atoms with Crippen molar-refractivity contribution in [3.05, 3.63) is 10.7 Å². The number of halogens is 4. The molecule has 0 spiro atoms. The van der Waals surface area contributed by atoms with Crippen molar-refractivity contribution < 1.29 is 8.78 Å². The number of hydrogen-bond donors (Lipinski definition) is 1. The van der Waals surface area contributed by atoms with Crippen molar-refractivity contribution in [2.75, 3.05) is 5.73 Å². The van der Waals surface area contributed by atoms with Crippen molar-refractivity contribution in [2.24, 2.45) is 0 Å². The molecule has 0 saturated heterocycles. The van der Waals surface area contributed by atoms with Gasteiger partial charge in [0.05, 0.1) is 4.47 Å². The molecule has 7 heteroatoms. The highest BCUT2D eigenvalue weighted by Crippen LogP contribution is 2.24. The fourth-order valence-electron chi connectivity index (χ4n) is 0.768. The van der Waals surface area contributed by atoms with Gasteiger partial charge < -0.3 is 5.73 Å². The number of aromatic nitrogens is 2. The Balaban J connectivity index is 2.56. The Labute approximate surface area is 87.0 Å². The van der Waals surface area contributed by atoms with E-state index in [1.807, 2.05) is 0 Å². The second-order valence-corrected chi connectivity index (χ2v) is 3.90. The van der Waals surface area contributed by atoms with Crippen LogP contribution < -0.4 is 5.73 Å². The summed E-state index contributed by atoms with van der Waals surface area (Å²) in [7, 11) is 0. The van der Waals surface area contributed by atoms with E-state index < -0.39 is 11.8 Å². The summed E-state index contributed by atoms with van der Waals surface area (Å²) in [5.41, 5.74) is 5.38. The maximum atomic E-state index is 12.2. The fourth-order valence-corrected chi connectivity index (χ4v) is 1.17. The molecule has 0 aliphatic rings. The lowest BCUT2D eigenvalue weighted by atomic mass is 10.4. The quantitative estimate of drug-likeness (QED) is 0.861. The standard InChI is InChI=1S/C6H7BrClF2N3/c7-4-3-13(12-5(4)11)2-1-6(8,9)10/h3H,1-2H2,(H2,11,12).